The van der Waals surface area contributed by atoms with Crippen molar-refractivity contribution in [3.8, 4) is 5.75 Å². The lowest BCUT2D eigenvalue weighted by Crippen LogP contribution is -2.16. The largest absolute Gasteiger partial charge is 0.507 e. The van der Waals surface area contributed by atoms with E-state index in [1.54, 1.807) is 48.5 Å². The first-order valence-corrected chi connectivity index (χ1v) is 8.66. The van der Waals surface area contributed by atoms with E-state index in [0.717, 1.165) is 0 Å². The van der Waals surface area contributed by atoms with Crippen molar-refractivity contribution in [3.63, 3.8) is 0 Å². The van der Waals surface area contributed by atoms with E-state index in [-0.39, 0.29) is 16.9 Å². The van der Waals surface area contributed by atoms with Crippen molar-refractivity contribution >= 4 is 46.4 Å². The van der Waals surface area contributed by atoms with Crippen LogP contribution in [0.2, 0.25) is 10.0 Å². The second-order valence-electron chi connectivity index (χ2n) is 5.60. The molecule has 136 valence electrons. The van der Waals surface area contributed by atoms with E-state index in [0.29, 0.717) is 21.4 Å². The number of halogens is 2. The Morgan fingerprint density at radius 2 is 1.26 bits per heavy atom. The summed E-state index contributed by atoms with van der Waals surface area (Å²) < 4.78 is 0. The van der Waals surface area contributed by atoms with Crippen LogP contribution in [0.25, 0.3) is 0 Å². The fourth-order valence-corrected chi connectivity index (χ4v) is 2.73. The van der Waals surface area contributed by atoms with Crippen molar-refractivity contribution in [2.75, 3.05) is 10.6 Å². The van der Waals surface area contributed by atoms with Gasteiger partial charge in [-0.05, 0) is 42.5 Å². The molecule has 5 nitrogen and oxygen atoms in total. The predicted octanol–water partition coefficient (Wildman–Crippen LogP) is 5.20. The standard InChI is InChI=1S/C20H14Cl2N2O3/c21-14-5-1-3-7-16(14)23-19(26)12-9-10-18(25)13(11-12)20(27)24-17-8-4-2-6-15(17)22/h1-11,25H,(H,23,26)(H,24,27). The van der Waals surface area contributed by atoms with Gasteiger partial charge in [0.2, 0.25) is 0 Å². The third kappa shape index (κ3) is 4.39. The first-order chi connectivity index (χ1) is 13.0. The molecule has 3 aromatic carbocycles. The summed E-state index contributed by atoms with van der Waals surface area (Å²) in [6.45, 7) is 0. The number of nitrogens with one attached hydrogen (secondary N) is 2. The topological polar surface area (TPSA) is 78.4 Å². The Kier molecular flexibility index (Phi) is 5.64. The number of para-hydroxylation sites is 2. The molecule has 0 saturated heterocycles. The van der Waals surface area contributed by atoms with Crippen LogP contribution < -0.4 is 10.6 Å². The third-order valence-electron chi connectivity index (χ3n) is 3.75. The predicted molar refractivity (Wildman–Crippen MR) is 107 cm³/mol. The summed E-state index contributed by atoms with van der Waals surface area (Å²) in [5.41, 5.74) is 0.979. The van der Waals surface area contributed by atoms with Crippen LogP contribution in [0.1, 0.15) is 20.7 Å². The second kappa shape index (κ2) is 8.12. The molecule has 7 heteroatoms. The number of benzene rings is 3. The number of rotatable bonds is 4. The third-order valence-corrected chi connectivity index (χ3v) is 4.41. The molecule has 0 aromatic heterocycles. The Balaban J connectivity index is 1.83. The minimum Gasteiger partial charge on any atom is -0.507 e. The summed E-state index contributed by atoms with van der Waals surface area (Å²) in [5, 5.41) is 16.0. The minimum atomic E-state index is -0.590. The molecule has 0 heterocycles. The monoisotopic (exact) mass is 400 g/mol. The Morgan fingerprint density at radius 1 is 0.741 bits per heavy atom. The summed E-state index contributed by atoms with van der Waals surface area (Å²) in [7, 11) is 0. The Bertz CT molecular complexity index is 1020. The van der Waals surface area contributed by atoms with Gasteiger partial charge in [-0.25, -0.2) is 0 Å². The lowest BCUT2D eigenvalue weighted by molar-refractivity contribution is 0.102. The molecule has 2 amide bonds. The molecule has 0 radical (unpaired) electrons. The number of carbonyl (C=O) groups excluding carboxylic acids is 2. The van der Waals surface area contributed by atoms with Crippen LogP contribution in [0.15, 0.2) is 66.7 Å². The zero-order valence-electron chi connectivity index (χ0n) is 13.9. The summed E-state index contributed by atoms with van der Waals surface area (Å²) in [4.78, 5) is 25.0. The van der Waals surface area contributed by atoms with Gasteiger partial charge in [-0.1, -0.05) is 47.5 Å². The molecule has 0 bridgehead atoms. The lowest BCUT2D eigenvalue weighted by Gasteiger charge is -2.11. The maximum Gasteiger partial charge on any atom is 0.259 e. The molecule has 0 aliphatic carbocycles. The summed E-state index contributed by atoms with van der Waals surface area (Å²) in [5.74, 6) is -1.31. The van der Waals surface area contributed by atoms with Crippen LogP contribution in [0.4, 0.5) is 11.4 Å². The highest BCUT2D eigenvalue weighted by Gasteiger charge is 2.16. The number of hydrogen-bond acceptors (Lipinski definition) is 3. The molecule has 3 rings (SSSR count). The van der Waals surface area contributed by atoms with Gasteiger partial charge in [0.05, 0.1) is 27.0 Å². The van der Waals surface area contributed by atoms with Crippen LogP contribution in [0.5, 0.6) is 5.75 Å². The smallest absolute Gasteiger partial charge is 0.259 e. The quantitative estimate of drug-likeness (QED) is 0.562. The highest BCUT2D eigenvalue weighted by molar-refractivity contribution is 6.34. The molecular formula is C20H14Cl2N2O3. The molecular weight excluding hydrogens is 387 g/mol. The van der Waals surface area contributed by atoms with E-state index < -0.39 is 11.8 Å². The number of aromatic hydroxyl groups is 1. The van der Waals surface area contributed by atoms with Crippen LogP contribution >= 0.6 is 23.2 Å². The van der Waals surface area contributed by atoms with E-state index >= 15 is 0 Å². The van der Waals surface area contributed by atoms with Gasteiger partial charge in [-0.15, -0.1) is 0 Å². The van der Waals surface area contributed by atoms with Crippen molar-refractivity contribution in [1.29, 1.82) is 0 Å². The number of anilines is 2. The van der Waals surface area contributed by atoms with E-state index in [1.807, 2.05) is 0 Å². The molecule has 0 atom stereocenters. The van der Waals surface area contributed by atoms with Crippen LogP contribution in [-0.2, 0) is 0 Å². The lowest BCUT2D eigenvalue weighted by atomic mass is 10.1. The maximum absolute atomic E-state index is 12.5. The molecule has 0 saturated carbocycles. The van der Waals surface area contributed by atoms with E-state index in [2.05, 4.69) is 10.6 Å². The normalized spacial score (nSPS) is 10.3. The molecule has 3 N–H and O–H groups in total. The van der Waals surface area contributed by atoms with Crippen molar-refractivity contribution in [2.24, 2.45) is 0 Å². The zero-order chi connectivity index (χ0) is 19.4. The van der Waals surface area contributed by atoms with Gasteiger partial charge in [0.1, 0.15) is 5.75 Å². The average Bonchev–Trinajstić information content (AvgIpc) is 2.65. The van der Waals surface area contributed by atoms with Crippen LogP contribution in [-0.4, -0.2) is 16.9 Å². The first kappa shape index (κ1) is 18.8. The Hall–Kier alpha value is -3.02. The molecule has 27 heavy (non-hydrogen) atoms. The molecule has 0 unspecified atom stereocenters. The summed E-state index contributed by atoms with van der Waals surface area (Å²) >= 11 is 12.1. The Labute approximate surface area is 165 Å². The fraction of sp³-hybridized carbons (Fsp3) is 0. The van der Waals surface area contributed by atoms with Crippen molar-refractivity contribution < 1.29 is 14.7 Å². The SMILES string of the molecule is O=C(Nc1ccccc1Cl)c1ccc(O)c(C(=O)Nc2ccccc2Cl)c1. The highest BCUT2D eigenvalue weighted by atomic mass is 35.5. The van der Waals surface area contributed by atoms with Gasteiger partial charge >= 0.3 is 0 Å². The van der Waals surface area contributed by atoms with Crippen LogP contribution in [0.3, 0.4) is 0 Å². The van der Waals surface area contributed by atoms with Gasteiger partial charge in [0.25, 0.3) is 11.8 Å². The molecule has 0 aliphatic rings. The van der Waals surface area contributed by atoms with Gasteiger partial charge in [0.15, 0.2) is 0 Å². The van der Waals surface area contributed by atoms with E-state index in [9.17, 15) is 14.7 Å². The van der Waals surface area contributed by atoms with Crippen molar-refractivity contribution in [3.05, 3.63) is 87.9 Å². The number of phenols is 1. The van der Waals surface area contributed by atoms with Gasteiger partial charge in [0, 0.05) is 5.56 Å². The molecule has 3 aromatic rings. The summed E-state index contributed by atoms with van der Waals surface area (Å²) in [6, 6.07) is 17.5. The van der Waals surface area contributed by atoms with E-state index in [1.165, 1.54) is 18.2 Å². The number of hydrogen-bond donors (Lipinski definition) is 3. The zero-order valence-corrected chi connectivity index (χ0v) is 15.4. The summed E-state index contributed by atoms with van der Waals surface area (Å²) in [6.07, 6.45) is 0. The minimum absolute atomic E-state index is 0.0540. The first-order valence-electron chi connectivity index (χ1n) is 7.90. The van der Waals surface area contributed by atoms with Crippen molar-refractivity contribution in [2.45, 2.75) is 0 Å². The molecule has 0 aliphatic heterocycles. The number of phenolic OH excluding ortho intramolecular Hbond substituents is 1. The van der Waals surface area contributed by atoms with E-state index in [4.69, 9.17) is 23.2 Å². The van der Waals surface area contributed by atoms with Gasteiger partial charge in [-0.3, -0.25) is 9.59 Å². The molecule has 0 fully saturated rings. The number of amides is 2. The highest BCUT2D eigenvalue weighted by Crippen LogP contribution is 2.25. The maximum atomic E-state index is 12.5. The number of carbonyl (C=O) groups is 2. The van der Waals surface area contributed by atoms with Crippen molar-refractivity contribution in [1.82, 2.24) is 0 Å². The Morgan fingerprint density at radius 3 is 1.81 bits per heavy atom. The average molecular weight is 401 g/mol. The van der Waals surface area contributed by atoms with Crippen LogP contribution in [0, 0.1) is 0 Å². The second-order valence-corrected chi connectivity index (χ2v) is 6.41. The molecule has 0 spiro atoms. The fourth-order valence-electron chi connectivity index (χ4n) is 2.37. The van der Waals surface area contributed by atoms with Gasteiger partial charge < -0.3 is 15.7 Å². The van der Waals surface area contributed by atoms with Gasteiger partial charge in [-0.2, -0.15) is 0 Å².